The SMILES string of the molecule is N=C(c1cc(F)ccc1Br)N1CCOCC1. The minimum absolute atomic E-state index is 0.323. The van der Waals surface area contributed by atoms with Crippen LogP contribution in [0.1, 0.15) is 5.56 Å². The lowest BCUT2D eigenvalue weighted by atomic mass is 10.2. The van der Waals surface area contributed by atoms with Crippen molar-refractivity contribution in [3.05, 3.63) is 34.1 Å². The molecule has 0 amide bonds. The molecule has 0 spiro atoms. The van der Waals surface area contributed by atoms with E-state index in [4.69, 9.17) is 10.1 Å². The second-order valence-electron chi connectivity index (χ2n) is 3.57. The number of rotatable bonds is 1. The zero-order valence-electron chi connectivity index (χ0n) is 8.67. The molecule has 1 heterocycles. The average molecular weight is 287 g/mol. The number of hydrogen-bond donors (Lipinski definition) is 1. The summed E-state index contributed by atoms with van der Waals surface area (Å²) >= 11 is 3.33. The molecule has 1 aliphatic rings. The van der Waals surface area contributed by atoms with Gasteiger partial charge in [0.25, 0.3) is 0 Å². The Hall–Kier alpha value is -0.940. The Kier molecular flexibility index (Phi) is 3.56. The molecule has 1 N–H and O–H groups in total. The summed E-state index contributed by atoms with van der Waals surface area (Å²) in [6.45, 7) is 2.61. The predicted molar refractivity (Wildman–Crippen MR) is 63.3 cm³/mol. The maximum Gasteiger partial charge on any atom is 0.129 e. The number of morpholine rings is 1. The van der Waals surface area contributed by atoms with Gasteiger partial charge in [0.2, 0.25) is 0 Å². The summed E-state index contributed by atoms with van der Waals surface area (Å²) in [5, 5.41) is 8.04. The minimum Gasteiger partial charge on any atom is -0.378 e. The van der Waals surface area contributed by atoms with Crippen LogP contribution in [0.25, 0.3) is 0 Å². The zero-order valence-corrected chi connectivity index (χ0v) is 10.3. The van der Waals surface area contributed by atoms with Crippen molar-refractivity contribution in [2.75, 3.05) is 26.3 Å². The van der Waals surface area contributed by atoms with Crippen molar-refractivity contribution < 1.29 is 9.13 Å². The van der Waals surface area contributed by atoms with Crippen molar-refractivity contribution in [1.29, 1.82) is 5.41 Å². The Morgan fingerprint density at radius 2 is 2.06 bits per heavy atom. The monoisotopic (exact) mass is 286 g/mol. The molecule has 5 heteroatoms. The van der Waals surface area contributed by atoms with Gasteiger partial charge in [-0.3, -0.25) is 5.41 Å². The van der Waals surface area contributed by atoms with Crippen molar-refractivity contribution in [3.63, 3.8) is 0 Å². The van der Waals surface area contributed by atoms with Crippen LogP contribution in [0, 0.1) is 11.2 Å². The topological polar surface area (TPSA) is 36.3 Å². The maximum atomic E-state index is 13.1. The van der Waals surface area contributed by atoms with Gasteiger partial charge in [0, 0.05) is 23.1 Å². The number of halogens is 2. The molecular weight excluding hydrogens is 275 g/mol. The summed E-state index contributed by atoms with van der Waals surface area (Å²) < 4.78 is 19.1. The van der Waals surface area contributed by atoms with Crippen LogP contribution in [0.15, 0.2) is 22.7 Å². The molecule has 16 heavy (non-hydrogen) atoms. The van der Waals surface area contributed by atoms with E-state index in [-0.39, 0.29) is 5.82 Å². The highest BCUT2D eigenvalue weighted by Crippen LogP contribution is 2.20. The van der Waals surface area contributed by atoms with Gasteiger partial charge >= 0.3 is 0 Å². The quantitative estimate of drug-likeness (QED) is 0.635. The minimum atomic E-state index is -0.323. The van der Waals surface area contributed by atoms with Gasteiger partial charge in [0.05, 0.1) is 13.2 Å². The van der Waals surface area contributed by atoms with Crippen LogP contribution in [0.2, 0.25) is 0 Å². The van der Waals surface area contributed by atoms with E-state index >= 15 is 0 Å². The second-order valence-corrected chi connectivity index (χ2v) is 4.43. The first-order valence-electron chi connectivity index (χ1n) is 5.05. The smallest absolute Gasteiger partial charge is 0.129 e. The molecule has 0 unspecified atom stereocenters. The highest BCUT2D eigenvalue weighted by Gasteiger charge is 2.17. The first kappa shape index (κ1) is 11.5. The number of ether oxygens (including phenoxy) is 1. The predicted octanol–water partition coefficient (Wildman–Crippen LogP) is 2.25. The van der Waals surface area contributed by atoms with Crippen LogP contribution in [-0.4, -0.2) is 37.0 Å². The Morgan fingerprint density at radius 3 is 2.75 bits per heavy atom. The highest BCUT2D eigenvalue weighted by atomic mass is 79.9. The summed E-state index contributed by atoms with van der Waals surface area (Å²) in [5.74, 6) is 0.0193. The third kappa shape index (κ3) is 2.41. The largest absolute Gasteiger partial charge is 0.378 e. The van der Waals surface area contributed by atoms with Gasteiger partial charge in [-0.25, -0.2) is 4.39 Å². The zero-order chi connectivity index (χ0) is 11.5. The number of hydrogen-bond acceptors (Lipinski definition) is 2. The van der Waals surface area contributed by atoms with Crippen LogP contribution in [0.5, 0.6) is 0 Å². The van der Waals surface area contributed by atoms with Gasteiger partial charge in [0.15, 0.2) is 0 Å². The third-order valence-electron chi connectivity index (χ3n) is 2.51. The van der Waals surface area contributed by atoms with Crippen LogP contribution in [0.3, 0.4) is 0 Å². The first-order chi connectivity index (χ1) is 7.68. The van der Waals surface area contributed by atoms with E-state index in [9.17, 15) is 4.39 Å². The van der Waals surface area contributed by atoms with Gasteiger partial charge in [0.1, 0.15) is 11.7 Å². The second kappa shape index (κ2) is 4.93. The van der Waals surface area contributed by atoms with Gasteiger partial charge in [-0.15, -0.1) is 0 Å². The molecule has 0 bridgehead atoms. The Morgan fingerprint density at radius 1 is 1.38 bits per heavy atom. The van der Waals surface area contributed by atoms with E-state index in [2.05, 4.69) is 15.9 Å². The molecule has 86 valence electrons. The summed E-state index contributed by atoms with van der Waals surface area (Å²) in [7, 11) is 0. The van der Waals surface area contributed by atoms with Crippen LogP contribution in [0.4, 0.5) is 4.39 Å². The lowest BCUT2D eigenvalue weighted by Gasteiger charge is -2.29. The standard InChI is InChI=1S/C11H12BrFN2O/c12-10-2-1-8(13)7-9(10)11(14)15-3-5-16-6-4-15/h1-2,7,14H,3-6H2. The molecule has 1 aromatic rings. The van der Waals surface area contributed by atoms with Gasteiger partial charge in [-0.1, -0.05) is 15.9 Å². The van der Waals surface area contributed by atoms with Crippen LogP contribution >= 0.6 is 15.9 Å². The van der Waals surface area contributed by atoms with Gasteiger partial charge in [-0.05, 0) is 18.2 Å². The molecule has 2 rings (SSSR count). The molecule has 0 aromatic heterocycles. The van der Waals surface area contributed by atoms with Crippen LogP contribution < -0.4 is 0 Å². The Bertz CT molecular complexity index is 405. The average Bonchev–Trinajstić information content (AvgIpc) is 2.32. The summed E-state index contributed by atoms with van der Waals surface area (Å²) in [6, 6.07) is 4.38. The van der Waals surface area contributed by atoms with Crippen molar-refractivity contribution in [2.45, 2.75) is 0 Å². The fourth-order valence-corrected chi connectivity index (χ4v) is 2.07. The van der Waals surface area contributed by atoms with Gasteiger partial charge in [-0.2, -0.15) is 0 Å². The number of nitrogens with zero attached hydrogens (tertiary/aromatic N) is 1. The van der Waals surface area contributed by atoms with Crippen molar-refractivity contribution in [2.24, 2.45) is 0 Å². The summed E-state index contributed by atoms with van der Waals surface area (Å²) in [5.41, 5.74) is 0.585. The number of benzene rings is 1. The molecule has 1 aliphatic heterocycles. The summed E-state index contributed by atoms with van der Waals surface area (Å²) in [4.78, 5) is 1.89. The maximum absolute atomic E-state index is 13.1. The third-order valence-corrected chi connectivity index (χ3v) is 3.20. The molecule has 0 aliphatic carbocycles. The molecule has 0 atom stereocenters. The van der Waals surface area contributed by atoms with Crippen molar-refractivity contribution in [3.8, 4) is 0 Å². The number of amidine groups is 1. The summed E-state index contributed by atoms with van der Waals surface area (Å²) in [6.07, 6.45) is 0. The first-order valence-corrected chi connectivity index (χ1v) is 5.84. The van der Waals surface area contributed by atoms with E-state index < -0.39 is 0 Å². The van der Waals surface area contributed by atoms with Crippen molar-refractivity contribution >= 4 is 21.8 Å². The van der Waals surface area contributed by atoms with E-state index in [1.54, 1.807) is 6.07 Å². The number of nitrogens with one attached hydrogen (secondary N) is 1. The van der Waals surface area contributed by atoms with E-state index in [1.807, 2.05) is 4.90 Å². The fraction of sp³-hybridized carbons (Fsp3) is 0.364. The van der Waals surface area contributed by atoms with E-state index in [1.165, 1.54) is 12.1 Å². The molecular formula is C11H12BrFN2O. The Balaban J connectivity index is 2.22. The molecule has 0 saturated carbocycles. The molecule has 1 saturated heterocycles. The molecule has 0 radical (unpaired) electrons. The van der Waals surface area contributed by atoms with Crippen molar-refractivity contribution in [1.82, 2.24) is 4.90 Å². The molecule has 1 aromatic carbocycles. The lowest BCUT2D eigenvalue weighted by Crippen LogP contribution is -2.40. The lowest BCUT2D eigenvalue weighted by molar-refractivity contribution is 0.0679. The van der Waals surface area contributed by atoms with Crippen LogP contribution in [-0.2, 0) is 4.74 Å². The van der Waals surface area contributed by atoms with E-state index in [0.717, 1.165) is 4.47 Å². The fourth-order valence-electron chi connectivity index (χ4n) is 1.64. The molecule has 3 nitrogen and oxygen atoms in total. The normalized spacial score (nSPS) is 16.2. The van der Waals surface area contributed by atoms with Gasteiger partial charge < -0.3 is 9.64 Å². The van der Waals surface area contributed by atoms with E-state index in [0.29, 0.717) is 37.7 Å². The Labute approximate surface area is 102 Å². The molecule has 1 fully saturated rings. The highest BCUT2D eigenvalue weighted by molar-refractivity contribution is 9.10.